The van der Waals surface area contributed by atoms with Crippen LogP contribution in [-0.4, -0.2) is 27.7 Å². The number of fused-ring (bicyclic) bond motifs is 1. The van der Waals surface area contributed by atoms with Gasteiger partial charge in [0.2, 0.25) is 0 Å². The molecule has 1 aliphatic carbocycles. The summed E-state index contributed by atoms with van der Waals surface area (Å²) in [6.07, 6.45) is 5.27. The first-order chi connectivity index (χ1) is 9.69. The van der Waals surface area contributed by atoms with Crippen LogP contribution < -0.4 is 5.73 Å². The second-order valence-electron chi connectivity index (χ2n) is 5.28. The van der Waals surface area contributed by atoms with Crippen molar-refractivity contribution in [1.29, 1.82) is 0 Å². The lowest BCUT2D eigenvalue weighted by molar-refractivity contribution is -0.146. The Morgan fingerprint density at radius 1 is 1.40 bits per heavy atom. The molecule has 0 atom stereocenters. The van der Waals surface area contributed by atoms with E-state index in [1.165, 1.54) is 7.11 Å². The maximum absolute atomic E-state index is 11.5. The van der Waals surface area contributed by atoms with Gasteiger partial charge in [-0.1, -0.05) is 0 Å². The molecule has 6 nitrogen and oxygen atoms in total. The highest BCUT2D eigenvalue weighted by Gasteiger charge is 2.28. The van der Waals surface area contributed by atoms with Crippen LogP contribution in [0.15, 0.2) is 18.3 Å². The van der Waals surface area contributed by atoms with Gasteiger partial charge in [0.1, 0.15) is 5.82 Å². The molecule has 0 bridgehead atoms. The van der Waals surface area contributed by atoms with E-state index in [1.807, 2.05) is 12.1 Å². The topological polar surface area (TPSA) is 82.5 Å². The van der Waals surface area contributed by atoms with E-state index in [1.54, 1.807) is 10.7 Å². The summed E-state index contributed by atoms with van der Waals surface area (Å²) in [5.41, 5.74) is 7.76. The number of rotatable bonds is 2. The van der Waals surface area contributed by atoms with Crippen LogP contribution in [0.1, 0.15) is 37.3 Å². The Morgan fingerprint density at radius 3 is 2.85 bits per heavy atom. The molecule has 20 heavy (non-hydrogen) atoms. The van der Waals surface area contributed by atoms with Gasteiger partial charge >= 0.3 is 5.97 Å². The molecule has 0 aromatic carbocycles. The summed E-state index contributed by atoms with van der Waals surface area (Å²) < 4.78 is 6.44. The number of nitrogens with zero attached hydrogens (tertiary/aromatic N) is 3. The summed E-state index contributed by atoms with van der Waals surface area (Å²) in [6.45, 7) is 0. The molecule has 1 aliphatic rings. The molecule has 2 aromatic rings. The Labute approximate surface area is 116 Å². The fourth-order valence-corrected chi connectivity index (χ4v) is 2.96. The molecule has 0 amide bonds. The van der Waals surface area contributed by atoms with E-state index >= 15 is 0 Å². The third-order valence-corrected chi connectivity index (χ3v) is 4.09. The van der Waals surface area contributed by atoms with Crippen LogP contribution in [0.2, 0.25) is 0 Å². The Hall–Kier alpha value is -2.11. The van der Waals surface area contributed by atoms with Crippen LogP contribution in [-0.2, 0) is 9.53 Å². The van der Waals surface area contributed by atoms with E-state index in [0.29, 0.717) is 11.7 Å². The average molecular weight is 274 g/mol. The van der Waals surface area contributed by atoms with E-state index in [2.05, 4.69) is 10.1 Å². The standard InChI is InChI=1S/C14H18N4O2/c1-20-14(19)10-4-2-9(3-5-10)11-8-12(15)18-13(17-11)6-7-16-18/h6-10H,2-5,15H2,1H3. The number of hydrogen-bond acceptors (Lipinski definition) is 5. The van der Waals surface area contributed by atoms with Gasteiger partial charge in [-0.15, -0.1) is 0 Å². The second-order valence-corrected chi connectivity index (χ2v) is 5.28. The largest absolute Gasteiger partial charge is 0.469 e. The SMILES string of the molecule is COC(=O)C1CCC(c2cc(N)n3nccc3n2)CC1. The van der Waals surface area contributed by atoms with Crippen LogP contribution in [0, 0.1) is 5.92 Å². The van der Waals surface area contributed by atoms with Gasteiger partial charge in [-0.05, 0) is 25.7 Å². The normalized spacial score (nSPS) is 22.9. The van der Waals surface area contributed by atoms with E-state index in [-0.39, 0.29) is 11.9 Å². The minimum atomic E-state index is -0.0952. The maximum Gasteiger partial charge on any atom is 0.308 e. The molecule has 2 N–H and O–H groups in total. The lowest BCUT2D eigenvalue weighted by Gasteiger charge is -2.26. The summed E-state index contributed by atoms with van der Waals surface area (Å²) in [5, 5.41) is 4.12. The molecule has 0 spiro atoms. The fourth-order valence-electron chi connectivity index (χ4n) is 2.96. The minimum absolute atomic E-state index is 0.0345. The van der Waals surface area contributed by atoms with Crippen LogP contribution >= 0.6 is 0 Å². The highest BCUT2D eigenvalue weighted by molar-refractivity contribution is 5.72. The van der Waals surface area contributed by atoms with Crippen molar-refractivity contribution >= 4 is 17.4 Å². The number of nitrogens with two attached hydrogens (primary N) is 1. The monoisotopic (exact) mass is 274 g/mol. The molecule has 2 heterocycles. The highest BCUT2D eigenvalue weighted by Crippen LogP contribution is 2.36. The van der Waals surface area contributed by atoms with Crippen molar-refractivity contribution in [1.82, 2.24) is 14.6 Å². The van der Waals surface area contributed by atoms with E-state index in [9.17, 15) is 4.79 Å². The number of carbonyl (C=O) groups is 1. The van der Waals surface area contributed by atoms with Crippen LogP contribution in [0.25, 0.3) is 5.65 Å². The second kappa shape index (κ2) is 5.11. The number of ether oxygens (including phenoxy) is 1. The number of methoxy groups -OCH3 is 1. The molecule has 1 saturated carbocycles. The fraction of sp³-hybridized carbons (Fsp3) is 0.500. The quantitative estimate of drug-likeness (QED) is 0.844. The first kappa shape index (κ1) is 12.9. The van der Waals surface area contributed by atoms with E-state index < -0.39 is 0 Å². The smallest absolute Gasteiger partial charge is 0.308 e. The van der Waals surface area contributed by atoms with Gasteiger partial charge in [0.15, 0.2) is 5.65 Å². The molecule has 2 aromatic heterocycles. The van der Waals surface area contributed by atoms with Gasteiger partial charge in [-0.2, -0.15) is 9.61 Å². The summed E-state index contributed by atoms with van der Waals surface area (Å²) >= 11 is 0. The van der Waals surface area contributed by atoms with Gasteiger partial charge in [0.05, 0.1) is 19.2 Å². The van der Waals surface area contributed by atoms with Crippen molar-refractivity contribution in [3.8, 4) is 0 Å². The number of anilines is 1. The van der Waals surface area contributed by atoms with Gasteiger partial charge in [-0.25, -0.2) is 4.98 Å². The van der Waals surface area contributed by atoms with Crippen LogP contribution in [0.3, 0.4) is 0 Å². The third-order valence-electron chi connectivity index (χ3n) is 4.09. The summed E-state index contributed by atoms with van der Waals surface area (Å²) in [4.78, 5) is 16.1. The highest BCUT2D eigenvalue weighted by atomic mass is 16.5. The van der Waals surface area contributed by atoms with Gasteiger partial charge < -0.3 is 10.5 Å². The zero-order chi connectivity index (χ0) is 14.1. The lowest BCUT2D eigenvalue weighted by Crippen LogP contribution is -2.22. The number of esters is 1. The molecule has 6 heteroatoms. The first-order valence-electron chi connectivity index (χ1n) is 6.87. The third kappa shape index (κ3) is 2.21. The maximum atomic E-state index is 11.5. The van der Waals surface area contributed by atoms with Crippen molar-refractivity contribution < 1.29 is 9.53 Å². The minimum Gasteiger partial charge on any atom is -0.469 e. The Kier molecular flexibility index (Phi) is 3.30. The van der Waals surface area contributed by atoms with Crippen molar-refractivity contribution in [3.63, 3.8) is 0 Å². The lowest BCUT2D eigenvalue weighted by atomic mass is 9.80. The number of nitrogen functional groups attached to an aromatic ring is 1. The van der Waals surface area contributed by atoms with Crippen molar-refractivity contribution in [2.45, 2.75) is 31.6 Å². The van der Waals surface area contributed by atoms with Gasteiger partial charge in [-0.3, -0.25) is 4.79 Å². The zero-order valence-electron chi connectivity index (χ0n) is 11.5. The molecule has 1 fully saturated rings. The van der Waals surface area contributed by atoms with Gasteiger partial charge in [0, 0.05) is 23.7 Å². The predicted molar refractivity (Wildman–Crippen MR) is 74.1 cm³/mol. The summed E-state index contributed by atoms with van der Waals surface area (Å²) in [5.74, 6) is 0.901. The Bertz CT molecular complexity index is 629. The first-order valence-corrected chi connectivity index (χ1v) is 6.87. The molecular weight excluding hydrogens is 256 g/mol. The zero-order valence-corrected chi connectivity index (χ0v) is 11.5. The van der Waals surface area contributed by atoms with E-state index in [0.717, 1.165) is 37.0 Å². The molecular formula is C14H18N4O2. The van der Waals surface area contributed by atoms with Crippen LogP contribution in [0.4, 0.5) is 5.82 Å². The van der Waals surface area contributed by atoms with Crippen LogP contribution in [0.5, 0.6) is 0 Å². The van der Waals surface area contributed by atoms with E-state index in [4.69, 9.17) is 10.5 Å². The summed E-state index contributed by atoms with van der Waals surface area (Å²) in [7, 11) is 1.45. The van der Waals surface area contributed by atoms with Gasteiger partial charge in [0.25, 0.3) is 0 Å². The Balaban J connectivity index is 1.78. The Morgan fingerprint density at radius 2 is 2.15 bits per heavy atom. The molecule has 0 aliphatic heterocycles. The molecule has 0 radical (unpaired) electrons. The van der Waals surface area contributed by atoms with Crippen molar-refractivity contribution in [2.24, 2.45) is 5.92 Å². The van der Waals surface area contributed by atoms with Crippen molar-refractivity contribution in [2.75, 3.05) is 12.8 Å². The predicted octanol–water partition coefficient (Wildman–Crippen LogP) is 1.76. The number of hydrogen-bond donors (Lipinski definition) is 1. The molecule has 0 saturated heterocycles. The number of aromatic nitrogens is 3. The molecule has 106 valence electrons. The van der Waals surface area contributed by atoms with Crippen molar-refractivity contribution in [3.05, 3.63) is 24.0 Å². The summed E-state index contributed by atoms with van der Waals surface area (Å²) in [6, 6.07) is 3.74. The number of carbonyl (C=O) groups excluding carboxylic acids is 1. The molecule has 0 unspecified atom stereocenters. The average Bonchev–Trinajstić information content (AvgIpc) is 2.95. The molecule has 3 rings (SSSR count).